The first-order valence-corrected chi connectivity index (χ1v) is 10.8. The van der Waals surface area contributed by atoms with Gasteiger partial charge in [0, 0.05) is 11.1 Å². The molecular formula is C27H26FN3O2. The van der Waals surface area contributed by atoms with E-state index in [1.165, 1.54) is 12.1 Å². The fraction of sp³-hybridized carbons (Fsp3) is 0.148. The monoisotopic (exact) mass is 443 g/mol. The first-order valence-electron chi connectivity index (χ1n) is 10.8. The Morgan fingerprint density at radius 2 is 1.52 bits per heavy atom. The van der Waals surface area contributed by atoms with Gasteiger partial charge in [-0.3, -0.25) is 4.79 Å². The van der Waals surface area contributed by atoms with Crippen LogP contribution in [0, 0.1) is 12.7 Å². The van der Waals surface area contributed by atoms with Crippen molar-refractivity contribution in [2.75, 3.05) is 5.32 Å². The molecule has 33 heavy (non-hydrogen) atoms. The number of nitrogens with zero attached hydrogens (tertiary/aromatic N) is 2. The van der Waals surface area contributed by atoms with Crippen LogP contribution in [-0.2, 0) is 11.2 Å². The summed E-state index contributed by atoms with van der Waals surface area (Å²) in [6, 6.07) is 20.2. The van der Waals surface area contributed by atoms with Crippen molar-refractivity contribution in [3.8, 4) is 28.3 Å². The predicted molar refractivity (Wildman–Crippen MR) is 129 cm³/mol. The molecule has 1 aromatic heterocycles. The minimum absolute atomic E-state index is 0.122. The van der Waals surface area contributed by atoms with Crippen LogP contribution in [0.5, 0.6) is 5.75 Å². The van der Waals surface area contributed by atoms with Gasteiger partial charge >= 0.3 is 0 Å². The fourth-order valence-electron chi connectivity index (χ4n) is 3.13. The van der Waals surface area contributed by atoms with Gasteiger partial charge in [-0.1, -0.05) is 43.7 Å². The molecule has 0 atom stereocenters. The number of carbonyl (C=O) groups excluding carboxylic acids is 1. The van der Waals surface area contributed by atoms with Gasteiger partial charge in [-0.2, -0.15) is 0 Å². The molecule has 0 unspecified atom stereocenters. The number of halogens is 1. The molecule has 2 N–H and O–H groups in total. The van der Waals surface area contributed by atoms with Gasteiger partial charge in [0.1, 0.15) is 17.3 Å². The second-order valence-electron chi connectivity index (χ2n) is 7.22. The number of anilines is 1. The Bertz CT molecular complexity index is 1210. The standard InChI is InChI=1S/C25H20FN3O2.C2H6/c1-16-2-4-17(5-3-16)14-23(31)29-25-24(19-8-12-21(30)13-9-19)28-22(15-27-25)18-6-10-20(26)11-7-18;1-2/h2-13,15,30H,14H2,1H3,(H,27,29,31);1-2H3. The number of nitrogens with one attached hydrogen (secondary N) is 1. The summed E-state index contributed by atoms with van der Waals surface area (Å²) in [5.74, 6) is -0.117. The number of carbonyl (C=O) groups is 1. The smallest absolute Gasteiger partial charge is 0.230 e. The Labute approximate surface area is 193 Å². The maximum Gasteiger partial charge on any atom is 0.230 e. The van der Waals surface area contributed by atoms with Gasteiger partial charge in [-0.05, 0) is 61.0 Å². The molecule has 0 bridgehead atoms. The van der Waals surface area contributed by atoms with Crippen LogP contribution in [0.2, 0.25) is 0 Å². The van der Waals surface area contributed by atoms with Gasteiger partial charge in [-0.15, -0.1) is 0 Å². The molecule has 0 saturated carbocycles. The molecular weight excluding hydrogens is 417 g/mol. The third kappa shape index (κ3) is 6.23. The lowest BCUT2D eigenvalue weighted by Crippen LogP contribution is -2.16. The van der Waals surface area contributed by atoms with E-state index in [0.717, 1.165) is 11.1 Å². The minimum Gasteiger partial charge on any atom is -0.508 e. The van der Waals surface area contributed by atoms with E-state index in [1.54, 1.807) is 42.6 Å². The van der Waals surface area contributed by atoms with E-state index in [1.807, 2.05) is 45.0 Å². The highest BCUT2D eigenvalue weighted by atomic mass is 19.1. The second kappa shape index (κ2) is 11.0. The highest BCUT2D eigenvalue weighted by molar-refractivity contribution is 5.94. The van der Waals surface area contributed by atoms with Crippen LogP contribution < -0.4 is 5.32 Å². The molecule has 0 aliphatic rings. The largest absolute Gasteiger partial charge is 0.508 e. The third-order valence-electron chi connectivity index (χ3n) is 4.80. The summed E-state index contributed by atoms with van der Waals surface area (Å²) >= 11 is 0. The summed E-state index contributed by atoms with van der Waals surface area (Å²) < 4.78 is 13.3. The number of rotatable bonds is 5. The number of aromatic hydroxyl groups is 1. The summed E-state index contributed by atoms with van der Waals surface area (Å²) in [4.78, 5) is 21.7. The van der Waals surface area contributed by atoms with Crippen molar-refractivity contribution < 1.29 is 14.3 Å². The van der Waals surface area contributed by atoms with Crippen molar-refractivity contribution in [2.45, 2.75) is 27.2 Å². The van der Waals surface area contributed by atoms with E-state index in [2.05, 4.69) is 15.3 Å². The first kappa shape index (κ1) is 23.6. The summed E-state index contributed by atoms with van der Waals surface area (Å²) in [7, 11) is 0. The van der Waals surface area contributed by atoms with Crippen molar-refractivity contribution in [1.29, 1.82) is 0 Å². The average molecular weight is 444 g/mol. The molecule has 0 aliphatic heterocycles. The van der Waals surface area contributed by atoms with E-state index in [9.17, 15) is 14.3 Å². The van der Waals surface area contributed by atoms with Gasteiger partial charge in [-0.25, -0.2) is 14.4 Å². The molecule has 0 fully saturated rings. The second-order valence-corrected chi connectivity index (χ2v) is 7.22. The van der Waals surface area contributed by atoms with Gasteiger partial charge in [0.05, 0.1) is 18.3 Å². The van der Waals surface area contributed by atoms with E-state index in [4.69, 9.17) is 0 Å². The number of aryl methyl sites for hydroxylation is 1. The van der Waals surface area contributed by atoms with Crippen LogP contribution in [0.1, 0.15) is 25.0 Å². The van der Waals surface area contributed by atoms with Crippen molar-refractivity contribution in [2.24, 2.45) is 0 Å². The molecule has 168 valence electrons. The number of amides is 1. The summed E-state index contributed by atoms with van der Waals surface area (Å²) in [6.07, 6.45) is 1.75. The summed E-state index contributed by atoms with van der Waals surface area (Å²) in [6.45, 7) is 5.99. The van der Waals surface area contributed by atoms with Crippen LogP contribution in [-0.4, -0.2) is 21.0 Å². The van der Waals surface area contributed by atoms with Gasteiger partial charge in [0.15, 0.2) is 5.82 Å². The molecule has 0 aliphatic carbocycles. The number of hydrogen-bond donors (Lipinski definition) is 2. The molecule has 4 aromatic rings. The van der Waals surface area contributed by atoms with Crippen molar-refractivity contribution >= 4 is 11.7 Å². The molecule has 4 rings (SSSR count). The lowest BCUT2D eigenvalue weighted by atomic mass is 10.1. The number of hydrogen-bond acceptors (Lipinski definition) is 4. The molecule has 6 heteroatoms. The zero-order valence-corrected chi connectivity index (χ0v) is 18.8. The van der Waals surface area contributed by atoms with Crippen LogP contribution in [0.15, 0.2) is 79.0 Å². The lowest BCUT2D eigenvalue weighted by Gasteiger charge is -2.12. The number of phenolic OH excluding ortho intramolecular Hbond substituents is 1. The maximum absolute atomic E-state index is 13.3. The Kier molecular flexibility index (Phi) is 7.86. The topological polar surface area (TPSA) is 75.1 Å². The fourth-order valence-corrected chi connectivity index (χ4v) is 3.13. The highest BCUT2D eigenvalue weighted by Crippen LogP contribution is 2.29. The zero-order valence-electron chi connectivity index (χ0n) is 18.8. The highest BCUT2D eigenvalue weighted by Gasteiger charge is 2.15. The molecule has 0 spiro atoms. The molecule has 3 aromatic carbocycles. The Balaban J connectivity index is 0.00000149. The average Bonchev–Trinajstić information content (AvgIpc) is 2.83. The zero-order chi connectivity index (χ0) is 23.8. The molecule has 1 heterocycles. The van der Waals surface area contributed by atoms with Crippen molar-refractivity contribution in [3.63, 3.8) is 0 Å². The minimum atomic E-state index is -0.338. The quantitative estimate of drug-likeness (QED) is 0.387. The van der Waals surface area contributed by atoms with E-state index in [-0.39, 0.29) is 23.9 Å². The molecule has 5 nitrogen and oxygen atoms in total. The lowest BCUT2D eigenvalue weighted by molar-refractivity contribution is -0.115. The first-order chi connectivity index (χ1) is 16.0. The molecule has 1 amide bonds. The predicted octanol–water partition coefficient (Wildman–Crippen LogP) is 6.17. The molecule has 0 saturated heterocycles. The molecule has 0 radical (unpaired) electrons. The Morgan fingerprint density at radius 3 is 2.15 bits per heavy atom. The summed E-state index contributed by atoms with van der Waals surface area (Å²) in [5, 5.41) is 12.5. The number of benzene rings is 3. The third-order valence-corrected chi connectivity index (χ3v) is 4.80. The Hall–Kier alpha value is -4.06. The van der Waals surface area contributed by atoms with E-state index < -0.39 is 0 Å². The summed E-state index contributed by atoms with van der Waals surface area (Å²) in [5.41, 5.74) is 4.40. The SMILES string of the molecule is CC.Cc1ccc(CC(=O)Nc2ncc(-c3ccc(F)cc3)nc2-c2ccc(O)cc2)cc1. The van der Waals surface area contributed by atoms with Crippen molar-refractivity contribution in [1.82, 2.24) is 9.97 Å². The number of phenols is 1. The van der Waals surface area contributed by atoms with E-state index >= 15 is 0 Å². The number of aromatic nitrogens is 2. The van der Waals surface area contributed by atoms with Gasteiger partial charge in [0.25, 0.3) is 0 Å². The van der Waals surface area contributed by atoms with Crippen LogP contribution in [0.25, 0.3) is 22.5 Å². The van der Waals surface area contributed by atoms with Gasteiger partial charge in [0.2, 0.25) is 5.91 Å². The van der Waals surface area contributed by atoms with Crippen molar-refractivity contribution in [3.05, 3.63) is 95.9 Å². The normalized spacial score (nSPS) is 10.2. The van der Waals surface area contributed by atoms with Crippen LogP contribution in [0.4, 0.5) is 10.2 Å². The van der Waals surface area contributed by atoms with Crippen LogP contribution >= 0.6 is 0 Å². The van der Waals surface area contributed by atoms with Gasteiger partial charge < -0.3 is 10.4 Å². The van der Waals surface area contributed by atoms with E-state index in [0.29, 0.717) is 28.3 Å². The Morgan fingerprint density at radius 1 is 0.909 bits per heavy atom. The van der Waals surface area contributed by atoms with Crippen LogP contribution in [0.3, 0.4) is 0 Å². The maximum atomic E-state index is 13.3.